The fraction of sp³-hybridized carbons (Fsp3) is 0.826. The normalized spacial score (nSPS) is 36.4. The molecule has 1 heterocycles. The van der Waals surface area contributed by atoms with Gasteiger partial charge in [-0.2, -0.15) is 0 Å². The molecule has 150 valence electrons. The van der Waals surface area contributed by atoms with E-state index in [1.165, 1.54) is 44.1 Å². The van der Waals surface area contributed by atoms with E-state index in [4.69, 9.17) is 0 Å². The van der Waals surface area contributed by atoms with Crippen LogP contribution in [0.5, 0.6) is 0 Å². The Labute approximate surface area is 164 Å². The van der Waals surface area contributed by atoms with Crippen LogP contribution in [-0.2, 0) is 9.59 Å². The van der Waals surface area contributed by atoms with Crippen LogP contribution in [-0.4, -0.2) is 35.8 Å². The van der Waals surface area contributed by atoms with Gasteiger partial charge in [-0.1, -0.05) is 5.57 Å². The molecule has 2 amide bonds. The molecule has 4 bridgehead atoms. The van der Waals surface area contributed by atoms with Crippen LogP contribution < -0.4 is 5.32 Å². The molecule has 0 unspecified atom stereocenters. The zero-order valence-electron chi connectivity index (χ0n) is 17.3. The first kappa shape index (κ1) is 19.0. The highest BCUT2D eigenvalue weighted by Gasteiger charge is 2.51. The SMILES string of the molecule is C/C(=C\C(=O)N1CCC(C(=O)NC(C)C)CC1)C12CC3CC(CC(C3)C1)C2. The zero-order valence-corrected chi connectivity index (χ0v) is 17.3. The summed E-state index contributed by atoms with van der Waals surface area (Å²) >= 11 is 0. The van der Waals surface area contributed by atoms with Crippen molar-refractivity contribution in [3.8, 4) is 0 Å². The molecular formula is C23H36N2O2. The lowest BCUT2D eigenvalue weighted by Crippen LogP contribution is -2.47. The van der Waals surface area contributed by atoms with E-state index >= 15 is 0 Å². The minimum absolute atomic E-state index is 0.0599. The van der Waals surface area contributed by atoms with Gasteiger partial charge in [-0.3, -0.25) is 9.59 Å². The Kier molecular flexibility index (Phi) is 5.11. The van der Waals surface area contributed by atoms with E-state index < -0.39 is 0 Å². The van der Waals surface area contributed by atoms with Crippen molar-refractivity contribution in [1.29, 1.82) is 0 Å². The number of rotatable bonds is 4. The van der Waals surface area contributed by atoms with E-state index in [1.807, 2.05) is 24.8 Å². The van der Waals surface area contributed by atoms with Gasteiger partial charge in [0.05, 0.1) is 0 Å². The van der Waals surface area contributed by atoms with E-state index in [9.17, 15) is 9.59 Å². The van der Waals surface area contributed by atoms with Gasteiger partial charge in [-0.15, -0.1) is 0 Å². The lowest BCUT2D eigenvalue weighted by Gasteiger charge is -2.57. The summed E-state index contributed by atoms with van der Waals surface area (Å²) in [6.45, 7) is 7.62. The summed E-state index contributed by atoms with van der Waals surface area (Å²) in [5.41, 5.74) is 1.66. The van der Waals surface area contributed by atoms with Crippen molar-refractivity contribution in [2.45, 2.75) is 78.2 Å². The predicted octanol–water partition coefficient (Wildman–Crippen LogP) is 3.91. The van der Waals surface area contributed by atoms with Crippen LogP contribution in [0.3, 0.4) is 0 Å². The van der Waals surface area contributed by atoms with Gasteiger partial charge in [0.1, 0.15) is 0 Å². The molecule has 5 aliphatic rings. The lowest BCUT2D eigenvalue weighted by molar-refractivity contribution is -0.132. The van der Waals surface area contributed by atoms with Gasteiger partial charge in [0.25, 0.3) is 0 Å². The van der Waals surface area contributed by atoms with E-state index in [1.54, 1.807) is 0 Å². The van der Waals surface area contributed by atoms with E-state index in [2.05, 4.69) is 12.2 Å². The van der Waals surface area contributed by atoms with Crippen molar-refractivity contribution in [3.05, 3.63) is 11.6 Å². The number of likely N-dealkylation sites (tertiary alicyclic amines) is 1. The van der Waals surface area contributed by atoms with Crippen LogP contribution in [0.2, 0.25) is 0 Å². The van der Waals surface area contributed by atoms with E-state index in [0.29, 0.717) is 18.5 Å². The molecule has 27 heavy (non-hydrogen) atoms. The number of allylic oxidation sites excluding steroid dienone is 1. The first-order valence-corrected chi connectivity index (χ1v) is 11.1. The maximum Gasteiger partial charge on any atom is 0.246 e. The quantitative estimate of drug-likeness (QED) is 0.761. The molecule has 0 aromatic heterocycles. The van der Waals surface area contributed by atoms with Crippen LogP contribution in [0.15, 0.2) is 11.6 Å². The van der Waals surface area contributed by atoms with Crippen molar-refractivity contribution in [2.75, 3.05) is 13.1 Å². The summed E-state index contributed by atoms with van der Waals surface area (Å²) in [4.78, 5) is 27.1. The Bertz CT molecular complexity index is 593. The second-order valence-electron chi connectivity index (χ2n) is 10.3. The fourth-order valence-corrected chi connectivity index (χ4v) is 6.79. The van der Waals surface area contributed by atoms with E-state index in [0.717, 1.165) is 30.6 Å². The van der Waals surface area contributed by atoms with Gasteiger partial charge in [-0.25, -0.2) is 0 Å². The summed E-state index contributed by atoms with van der Waals surface area (Å²) in [6.07, 6.45) is 11.8. The molecule has 0 atom stereocenters. The van der Waals surface area contributed by atoms with Gasteiger partial charge in [0.2, 0.25) is 11.8 Å². The molecule has 5 fully saturated rings. The van der Waals surface area contributed by atoms with Crippen molar-refractivity contribution in [1.82, 2.24) is 10.2 Å². The standard InChI is InChI=1S/C23H36N2O2/c1-15(2)24-22(27)20-4-6-25(7-5-20)21(26)8-16(3)23-12-17-9-18(13-23)11-19(10-17)14-23/h8,15,17-20H,4-7,9-14H2,1-3H3,(H,24,27)/b16-8+. The number of piperidine rings is 1. The third-order valence-electron chi connectivity index (χ3n) is 7.82. The Morgan fingerprint density at radius 2 is 1.52 bits per heavy atom. The van der Waals surface area contributed by atoms with Gasteiger partial charge in [0, 0.05) is 31.1 Å². The van der Waals surface area contributed by atoms with Crippen molar-refractivity contribution in [2.24, 2.45) is 29.1 Å². The number of nitrogens with one attached hydrogen (secondary N) is 1. The first-order chi connectivity index (χ1) is 12.8. The van der Waals surface area contributed by atoms with Gasteiger partial charge in [-0.05, 0) is 95.3 Å². The smallest absolute Gasteiger partial charge is 0.246 e. The molecule has 5 rings (SSSR count). The lowest BCUT2D eigenvalue weighted by atomic mass is 9.48. The second kappa shape index (κ2) is 7.25. The monoisotopic (exact) mass is 372 g/mol. The highest BCUT2D eigenvalue weighted by Crippen LogP contribution is 2.62. The molecule has 4 aliphatic carbocycles. The average Bonchev–Trinajstić information content (AvgIpc) is 2.60. The number of amides is 2. The summed E-state index contributed by atoms with van der Waals surface area (Å²) in [7, 11) is 0. The highest BCUT2D eigenvalue weighted by atomic mass is 16.2. The predicted molar refractivity (Wildman–Crippen MR) is 107 cm³/mol. The van der Waals surface area contributed by atoms with Crippen LogP contribution >= 0.6 is 0 Å². The topological polar surface area (TPSA) is 49.4 Å². The first-order valence-electron chi connectivity index (χ1n) is 11.1. The summed E-state index contributed by atoms with van der Waals surface area (Å²) in [6, 6.07) is 0.183. The minimum Gasteiger partial charge on any atom is -0.354 e. The van der Waals surface area contributed by atoms with Crippen LogP contribution in [0.1, 0.15) is 72.1 Å². The number of nitrogens with zero attached hydrogens (tertiary/aromatic N) is 1. The molecule has 0 aromatic rings. The van der Waals surface area contributed by atoms with Crippen LogP contribution in [0, 0.1) is 29.1 Å². The Morgan fingerprint density at radius 3 is 2.00 bits per heavy atom. The number of carbonyl (C=O) groups excluding carboxylic acids is 2. The van der Waals surface area contributed by atoms with Crippen molar-refractivity contribution < 1.29 is 9.59 Å². The highest BCUT2D eigenvalue weighted by molar-refractivity contribution is 5.89. The molecule has 0 radical (unpaired) electrons. The third kappa shape index (κ3) is 3.82. The zero-order chi connectivity index (χ0) is 19.2. The average molecular weight is 373 g/mol. The Morgan fingerprint density at radius 1 is 1.00 bits per heavy atom. The number of hydrogen-bond acceptors (Lipinski definition) is 2. The molecule has 4 heteroatoms. The van der Waals surface area contributed by atoms with Crippen LogP contribution in [0.25, 0.3) is 0 Å². The second-order valence-corrected chi connectivity index (χ2v) is 10.3. The maximum atomic E-state index is 12.9. The van der Waals surface area contributed by atoms with Crippen molar-refractivity contribution in [3.63, 3.8) is 0 Å². The molecule has 1 saturated heterocycles. The van der Waals surface area contributed by atoms with E-state index in [-0.39, 0.29) is 23.8 Å². The van der Waals surface area contributed by atoms with Gasteiger partial charge >= 0.3 is 0 Å². The number of hydrogen-bond donors (Lipinski definition) is 1. The largest absolute Gasteiger partial charge is 0.354 e. The van der Waals surface area contributed by atoms with Crippen LogP contribution in [0.4, 0.5) is 0 Å². The number of carbonyl (C=O) groups is 2. The molecule has 1 aliphatic heterocycles. The Hall–Kier alpha value is -1.32. The summed E-state index contributed by atoms with van der Waals surface area (Å²) in [5, 5.41) is 3.01. The fourth-order valence-electron chi connectivity index (χ4n) is 6.79. The maximum absolute atomic E-state index is 12.9. The Balaban J connectivity index is 1.36. The summed E-state index contributed by atoms with van der Waals surface area (Å²) in [5.74, 6) is 3.10. The molecule has 0 spiro atoms. The minimum atomic E-state index is 0.0599. The molecule has 4 nitrogen and oxygen atoms in total. The molecule has 1 N–H and O–H groups in total. The molecule has 4 saturated carbocycles. The molecular weight excluding hydrogens is 336 g/mol. The van der Waals surface area contributed by atoms with Crippen molar-refractivity contribution >= 4 is 11.8 Å². The van der Waals surface area contributed by atoms with Gasteiger partial charge in [0.15, 0.2) is 0 Å². The molecule has 0 aromatic carbocycles. The summed E-state index contributed by atoms with van der Waals surface area (Å²) < 4.78 is 0. The third-order valence-corrected chi connectivity index (χ3v) is 7.82. The van der Waals surface area contributed by atoms with Gasteiger partial charge < -0.3 is 10.2 Å².